The van der Waals surface area contributed by atoms with Crippen molar-refractivity contribution < 1.29 is 4.79 Å². The first kappa shape index (κ1) is 17.2. The number of para-hydroxylation sites is 1. The highest BCUT2D eigenvalue weighted by Gasteiger charge is 2.25. The molecular weight excluding hydrogens is 370 g/mol. The highest BCUT2D eigenvalue weighted by atomic mass is 32.1. The number of carbonyl (C=O) groups is 1. The Morgan fingerprint density at radius 1 is 1.29 bits per heavy atom. The fourth-order valence-electron chi connectivity index (χ4n) is 3.92. The van der Waals surface area contributed by atoms with Crippen LogP contribution in [0, 0.1) is 0 Å². The van der Waals surface area contributed by atoms with Crippen molar-refractivity contribution in [3.63, 3.8) is 0 Å². The van der Waals surface area contributed by atoms with E-state index in [-0.39, 0.29) is 11.9 Å². The van der Waals surface area contributed by atoms with Gasteiger partial charge in [0.25, 0.3) is 0 Å². The highest BCUT2D eigenvalue weighted by molar-refractivity contribution is 7.14. The molecule has 0 bridgehead atoms. The van der Waals surface area contributed by atoms with E-state index in [0.29, 0.717) is 11.7 Å². The Kier molecular flexibility index (Phi) is 4.26. The molecule has 3 aromatic heterocycles. The molecule has 28 heavy (non-hydrogen) atoms. The van der Waals surface area contributed by atoms with Crippen molar-refractivity contribution in [2.24, 2.45) is 0 Å². The second-order valence-electron chi connectivity index (χ2n) is 7.11. The summed E-state index contributed by atoms with van der Waals surface area (Å²) in [6, 6.07) is 12.6. The minimum atomic E-state index is -0.0216. The average Bonchev–Trinajstić information content (AvgIpc) is 3.43. The number of nitrogens with one attached hydrogen (secondary N) is 2. The first-order valence-electron chi connectivity index (χ1n) is 9.40. The SMILES string of the molecule is C[C@H]1c2cccn2CCN1CC(=O)Nc1nc(-c2c[nH]c3ccccc23)cs1. The van der Waals surface area contributed by atoms with E-state index in [1.807, 2.05) is 29.8 Å². The molecule has 1 atom stereocenters. The van der Waals surface area contributed by atoms with Crippen LogP contribution in [0.1, 0.15) is 18.7 Å². The summed E-state index contributed by atoms with van der Waals surface area (Å²) in [4.78, 5) is 22.7. The fraction of sp³-hybridized carbons (Fsp3) is 0.238. The zero-order valence-electron chi connectivity index (χ0n) is 15.6. The van der Waals surface area contributed by atoms with E-state index in [9.17, 15) is 4.79 Å². The second-order valence-corrected chi connectivity index (χ2v) is 7.97. The first-order valence-corrected chi connectivity index (χ1v) is 10.3. The van der Waals surface area contributed by atoms with Gasteiger partial charge >= 0.3 is 0 Å². The van der Waals surface area contributed by atoms with Gasteiger partial charge in [0.05, 0.1) is 12.2 Å². The summed E-state index contributed by atoms with van der Waals surface area (Å²) in [5.41, 5.74) is 4.27. The van der Waals surface area contributed by atoms with Crippen LogP contribution in [0.15, 0.2) is 54.2 Å². The number of amides is 1. The number of hydrogen-bond donors (Lipinski definition) is 2. The van der Waals surface area contributed by atoms with Crippen molar-refractivity contribution in [1.82, 2.24) is 19.4 Å². The van der Waals surface area contributed by atoms with Gasteiger partial charge in [-0.2, -0.15) is 0 Å². The van der Waals surface area contributed by atoms with Crippen LogP contribution in [0.3, 0.4) is 0 Å². The van der Waals surface area contributed by atoms with Crippen molar-refractivity contribution in [3.8, 4) is 11.3 Å². The van der Waals surface area contributed by atoms with E-state index in [1.54, 1.807) is 0 Å². The first-order chi connectivity index (χ1) is 13.7. The predicted molar refractivity (Wildman–Crippen MR) is 112 cm³/mol. The van der Waals surface area contributed by atoms with Crippen LogP contribution in [0.25, 0.3) is 22.2 Å². The molecule has 1 aromatic carbocycles. The van der Waals surface area contributed by atoms with Crippen LogP contribution in [0.5, 0.6) is 0 Å². The van der Waals surface area contributed by atoms with Gasteiger partial charge in [0.1, 0.15) is 0 Å². The molecule has 0 saturated carbocycles. The third-order valence-electron chi connectivity index (χ3n) is 5.43. The summed E-state index contributed by atoms with van der Waals surface area (Å²) < 4.78 is 2.26. The Bertz CT molecular complexity index is 1140. The molecule has 7 heteroatoms. The fourth-order valence-corrected chi connectivity index (χ4v) is 4.65. The van der Waals surface area contributed by atoms with Gasteiger partial charge in [-0.1, -0.05) is 18.2 Å². The van der Waals surface area contributed by atoms with Gasteiger partial charge in [-0.25, -0.2) is 4.98 Å². The van der Waals surface area contributed by atoms with Crippen molar-refractivity contribution in [3.05, 3.63) is 59.9 Å². The number of aromatic amines is 1. The Hall–Kier alpha value is -2.90. The maximum absolute atomic E-state index is 12.6. The lowest BCUT2D eigenvalue weighted by molar-refractivity contribution is -0.118. The molecule has 4 heterocycles. The monoisotopic (exact) mass is 391 g/mol. The quantitative estimate of drug-likeness (QED) is 0.550. The minimum absolute atomic E-state index is 0.0216. The van der Waals surface area contributed by atoms with Gasteiger partial charge in [0.15, 0.2) is 5.13 Å². The molecule has 0 fully saturated rings. The zero-order chi connectivity index (χ0) is 19.1. The van der Waals surface area contributed by atoms with Crippen LogP contribution in [0.4, 0.5) is 5.13 Å². The topological polar surface area (TPSA) is 66.0 Å². The van der Waals surface area contributed by atoms with Crippen LogP contribution in [0.2, 0.25) is 0 Å². The number of fused-ring (bicyclic) bond motifs is 2. The normalized spacial score (nSPS) is 17.0. The lowest BCUT2D eigenvalue weighted by atomic mass is 10.1. The summed E-state index contributed by atoms with van der Waals surface area (Å²) in [5, 5.41) is 6.73. The van der Waals surface area contributed by atoms with E-state index in [4.69, 9.17) is 0 Å². The summed E-state index contributed by atoms with van der Waals surface area (Å²) in [7, 11) is 0. The minimum Gasteiger partial charge on any atom is -0.360 e. The van der Waals surface area contributed by atoms with Gasteiger partial charge in [-0.15, -0.1) is 11.3 Å². The standard InChI is InChI=1S/C21H21N5OS/c1-14-19-7-4-8-25(19)9-10-26(14)12-20(27)24-21-23-18(13-28-21)16-11-22-17-6-3-2-5-15(16)17/h2-8,11,13-14,22H,9-10,12H2,1H3,(H,23,24,27)/t14-/m0/s1. The molecule has 5 rings (SSSR count). The number of nitrogens with zero attached hydrogens (tertiary/aromatic N) is 3. The number of H-pyrrole nitrogens is 1. The van der Waals surface area contributed by atoms with Crippen molar-refractivity contribution in [1.29, 1.82) is 0 Å². The van der Waals surface area contributed by atoms with Gasteiger partial charge in [-0.3, -0.25) is 9.69 Å². The summed E-state index contributed by atoms with van der Waals surface area (Å²) in [6.45, 7) is 4.31. The molecule has 0 aliphatic carbocycles. The van der Waals surface area contributed by atoms with E-state index in [1.165, 1.54) is 17.0 Å². The average molecular weight is 392 g/mol. The van der Waals surface area contributed by atoms with E-state index in [0.717, 1.165) is 35.2 Å². The lowest BCUT2D eigenvalue weighted by Gasteiger charge is -2.34. The van der Waals surface area contributed by atoms with Gasteiger partial charge in [-0.05, 0) is 25.1 Å². The van der Waals surface area contributed by atoms with Gasteiger partial charge in [0, 0.05) is 59.1 Å². The molecule has 6 nitrogen and oxygen atoms in total. The van der Waals surface area contributed by atoms with Crippen molar-refractivity contribution in [2.45, 2.75) is 19.5 Å². The van der Waals surface area contributed by atoms with Crippen molar-refractivity contribution >= 4 is 33.3 Å². The molecule has 0 radical (unpaired) electrons. The Morgan fingerprint density at radius 3 is 3.11 bits per heavy atom. The molecule has 4 aromatic rings. The molecule has 0 unspecified atom stereocenters. The third kappa shape index (κ3) is 3.02. The largest absolute Gasteiger partial charge is 0.360 e. The van der Waals surface area contributed by atoms with E-state index >= 15 is 0 Å². The van der Waals surface area contributed by atoms with E-state index < -0.39 is 0 Å². The van der Waals surface area contributed by atoms with Crippen LogP contribution in [-0.2, 0) is 11.3 Å². The van der Waals surface area contributed by atoms with Gasteiger partial charge in [0.2, 0.25) is 5.91 Å². The smallest absolute Gasteiger partial charge is 0.240 e. The van der Waals surface area contributed by atoms with Crippen LogP contribution >= 0.6 is 11.3 Å². The summed E-state index contributed by atoms with van der Waals surface area (Å²) in [5.74, 6) is -0.0216. The molecule has 0 saturated heterocycles. The number of hydrogen-bond acceptors (Lipinski definition) is 4. The third-order valence-corrected chi connectivity index (χ3v) is 6.19. The number of anilines is 1. The number of carbonyl (C=O) groups excluding carboxylic acids is 1. The molecule has 1 amide bonds. The molecule has 1 aliphatic rings. The molecule has 2 N–H and O–H groups in total. The number of thiazole rings is 1. The Balaban J connectivity index is 1.28. The van der Waals surface area contributed by atoms with Crippen LogP contribution < -0.4 is 5.32 Å². The number of aromatic nitrogens is 3. The van der Waals surface area contributed by atoms with E-state index in [2.05, 4.69) is 56.1 Å². The Morgan fingerprint density at radius 2 is 2.18 bits per heavy atom. The maximum atomic E-state index is 12.6. The molecule has 1 aliphatic heterocycles. The number of rotatable bonds is 4. The second kappa shape index (κ2) is 6.92. The maximum Gasteiger partial charge on any atom is 0.240 e. The Labute approximate surface area is 166 Å². The zero-order valence-corrected chi connectivity index (χ0v) is 16.4. The predicted octanol–water partition coefficient (Wildman–Crippen LogP) is 4.11. The molecule has 142 valence electrons. The molecule has 0 spiro atoms. The summed E-state index contributed by atoms with van der Waals surface area (Å²) >= 11 is 1.46. The van der Waals surface area contributed by atoms with Crippen LogP contribution in [-0.4, -0.2) is 38.4 Å². The molecular formula is C21H21N5OS. The number of benzene rings is 1. The lowest BCUT2D eigenvalue weighted by Crippen LogP contribution is -2.41. The summed E-state index contributed by atoms with van der Waals surface area (Å²) in [6.07, 6.45) is 4.07. The van der Waals surface area contributed by atoms with Gasteiger partial charge < -0.3 is 14.9 Å². The van der Waals surface area contributed by atoms with Crippen molar-refractivity contribution in [2.75, 3.05) is 18.4 Å². The highest BCUT2D eigenvalue weighted by Crippen LogP contribution is 2.31.